The van der Waals surface area contributed by atoms with Crippen LogP contribution in [0.15, 0.2) is 48.6 Å². The number of halogens is 2. The zero-order valence-corrected chi connectivity index (χ0v) is 13.4. The third-order valence-corrected chi connectivity index (χ3v) is 5.25. The molecule has 0 unspecified atom stereocenters. The van der Waals surface area contributed by atoms with Crippen LogP contribution in [0.25, 0.3) is 0 Å². The van der Waals surface area contributed by atoms with Gasteiger partial charge in [0.2, 0.25) is 0 Å². The smallest absolute Gasteiger partial charge is 0.0568 e. The van der Waals surface area contributed by atoms with Gasteiger partial charge in [-0.1, -0.05) is 41.4 Å². The molecular formula is C18H16Cl2N2. The molecule has 22 heavy (non-hydrogen) atoms. The standard InChI is InChI=1S/C18H16Cl2N2/c19-10-4-6-14(16(20)8-10)18-13-3-1-2-12(13)15-9-11(21)5-7-17(15)22-18/h1-2,4-9,12-13,18,22H,3,21H2/t12-,13+,18+/m0/s1. The highest BCUT2D eigenvalue weighted by Crippen LogP contribution is 2.51. The Labute approximate surface area is 139 Å². The molecule has 0 radical (unpaired) electrons. The minimum atomic E-state index is 0.181. The molecule has 3 atom stereocenters. The van der Waals surface area contributed by atoms with Gasteiger partial charge in [0.05, 0.1) is 6.04 Å². The van der Waals surface area contributed by atoms with E-state index in [1.54, 1.807) is 0 Å². The SMILES string of the molecule is Nc1ccc2c(c1)[C@H]1C=CC[C@H]1[C@H](c1ccc(Cl)cc1Cl)N2. The van der Waals surface area contributed by atoms with Gasteiger partial charge in [-0.2, -0.15) is 0 Å². The number of hydrogen-bond donors (Lipinski definition) is 2. The first kappa shape index (κ1) is 14.0. The molecular weight excluding hydrogens is 315 g/mol. The van der Waals surface area contributed by atoms with Crippen LogP contribution in [0.5, 0.6) is 0 Å². The van der Waals surface area contributed by atoms with Gasteiger partial charge >= 0.3 is 0 Å². The van der Waals surface area contributed by atoms with Crippen LogP contribution in [0, 0.1) is 5.92 Å². The van der Waals surface area contributed by atoms with Gasteiger partial charge in [0, 0.05) is 27.3 Å². The quantitative estimate of drug-likeness (QED) is 0.542. The van der Waals surface area contributed by atoms with Gasteiger partial charge in [-0.05, 0) is 53.8 Å². The predicted molar refractivity (Wildman–Crippen MR) is 93.7 cm³/mol. The molecule has 1 aliphatic carbocycles. The maximum Gasteiger partial charge on any atom is 0.0568 e. The lowest BCUT2D eigenvalue weighted by Gasteiger charge is -2.38. The van der Waals surface area contributed by atoms with Crippen LogP contribution in [-0.2, 0) is 0 Å². The fraction of sp³-hybridized carbons (Fsp3) is 0.222. The average Bonchev–Trinajstić information content (AvgIpc) is 2.97. The molecule has 0 bridgehead atoms. The third-order valence-electron chi connectivity index (χ3n) is 4.68. The van der Waals surface area contributed by atoms with E-state index in [4.69, 9.17) is 28.9 Å². The van der Waals surface area contributed by atoms with E-state index in [1.807, 2.05) is 24.3 Å². The molecule has 2 nitrogen and oxygen atoms in total. The highest BCUT2D eigenvalue weighted by atomic mass is 35.5. The monoisotopic (exact) mass is 330 g/mol. The maximum absolute atomic E-state index is 6.44. The summed E-state index contributed by atoms with van der Waals surface area (Å²) in [5.74, 6) is 0.837. The second kappa shape index (κ2) is 5.22. The van der Waals surface area contributed by atoms with Crippen molar-refractivity contribution in [3.63, 3.8) is 0 Å². The molecule has 3 N–H and O–H groups in total. The number of hydrogen-bond acceptors (Lipinski definition) is 2. The maximum atomic E-state index is 6.44. The Hall–Kier alpha value is -1.64. The van der Waals surface area contributed by atoms with Crippen molar-refractivity contribution in [3.05, 3.63) is 69.7 Å². The Kier molecular flexibility index (Phi) is 3.32. The lowest BCUT2D eigenvalue weighted by Crippen LogP contribution is -2.29. The summed E-state index contributed by atoms with van der Waals surface area (Å²) < 4.78 is 0. The Morgan fingerprint density at radius 2 is 1.91 bits per heavy atom. The van der Waals surface area contributed by atoms with E-state index in [0.717, 1.165) is 28.4 Å². The molecule has 1 aliphatic heterocycles. The van der Waals surface area contributed by atoms with Gasteiger partial charge in [-0.25, -0.2) is 0 Å². The van der Waals surface area contributed by atoms with Crippen LogP contribution >= 0.6 is 23.2 Å². The molecule has 2 aromatic carbocycles. The fourth-order valence-corrected chi connectivity index (χ4v) is 4.20. The van der Waals surface area contributed by atoms with Crippen molar-refractivity contribution in [2.24, 2.45) is 5.92 Å². The first-order valence-corrected chi connectivity index (χ1v) is 8.16. The molecule has 0 fully saturated rings. The number of benzene rings is 2. The second-order valence-electron chi connectivity index (χ2n) is 5.99. The molecule has 4 rings (SSSR count). The van der Waals surface area contributed by atoms with E-state index in [0.29, 0.717) is 16.9 Å². The largest absolute Gasteiger partial charge is 0.399 e. The minimum absolute atomic E-state index is 0.181. The number of nitrogens with one attached hydrogen (secondary N) is 1. The Bertz CT molecular complexity index is 770. The van der Waals surface area contributed by atoms with Crippen LogP contribution in [0.4, 0.5) is 11.4 Å². The molecule has 2 aromatic rings. The molecule has 0 spiro atoms. The predicted octanol–water partition coefficient (Wildman–Crippen LogP) is 5.40. The van der Waals surface area contributed by atoms with Crippen molar-refractivity contribution < 1.29 is 0 Å². The molecule has 4 heteroatoms. The summed E-state index contributed by atoms with van der Waals surface area (Å²) in [4.78, 5) is 0. The summed E-state index contributed by atoms with van der Waals surface area (Å²) >= 11 is 12.5. The Morgan fingerprint density at radius 1 is 1.05 bits per heavy atom. The fourth-order valence-electron chi connectivity index (χ4n) is 3.67. The van der Waals surface area contributed by atoms with Gasteiger partial charge < -0.3 is 11.1 Å². The molecule has 0 saturated carbocycles. The van der Waals surface area contributed by atoms with Crippen molar-refractivity contribution >= 4 is 34.6 Å². The molecule has 2 aliphatic rings. The zero-order chi connectivity index (χ0) is 15.3. The van der Waals surface area contributed by atoms with Crippen LogP contribution in [0.2, 0.25) is 10.0 Å². The number of rotatable bonds is 1. The van der Waals surface area contributed by atoms with Crippen molar-refractivity contribution in [2.45, 2.75) is 18.4 Å². The molecule has 0 amide bonds. The third kappa shape index (κ3) is 2.18. The van der Waals surface area contributed by atoms with Gasteiger partial charge in [0.25, 0.3) is 0 Å². The highest BCUT2D eigenvalue weighted by Gasteiger charge is 2.38. The van der Waals surface area contributed by atoms with Crippen molar-refractivity contribution in [1.82, 2.24) is 0 Å². The topological polar surface area (TPSA) is 38.0 Å². The minimum Gasteiger partial charge on any atom is -0.399 e. The van der Waals surface area contributed by atoms with Gasteiger partial charge in [0.1, 0.15) is 0 Å². The second-order valence-corrected chi connectivity index (χ2v) is 6.83. The number of nitrogens with two attached hydrogens (primary N) is 1. The lowest BCUT2D eigenvalue weighted by molar-refractivity contribution is 0.426. The molecule has 112 valence electrons. The van der Waals surface area contributed by atoms with E-state index in [9.17, 15) is 0 Å². The zero-order valence-electron chi connectivity index (χ0n) is 11.9. The molecule has 0 saturated heterocycles. The molecule has 1 heterocycles. The first-order chi connectivity index (χ1) is 10.6. The van der Waals surface area contributed by atoms with Gasteiger partial charge in [-0.15, -0.1) is 0 Å². The summed E-state index contributed by atoms with van der Waals surface area (Å²) in [6.07, 6.45) is 5.59. The lowest BCUT2D eigenvalue weighted by atomic mass is 9.77. The van der Waals surface area contributed by atoms with E-state index in [2.05, 4.69) is 29.6 Å². The average molecular weight is 331 g/mol. The van der Waals surface area contributed by atoms with Crippen LogP contribution in [0.3, 0.4) is 0 Å². The van der Waals surface area contributed by atoms with Crippen molar-refractivity contribution in [2.75, 3.05) is 11.1 Å². The summed E-state index contributed by atoms with van der Waals surface area (Å²) in [5, 5.41) is 5.03. The number of anilines is 2. The van der Waals surface area contributed by atoms with Crippen molar-refractivity contribution in [1.29, 1.82) is 0 Å². The number of allylic oxidation sites excluding steroid dienone is 2. The Balaban J connectivity index is 1.81. The summed E-state index contributed by atoms with van der Waals surface area (Å²) in [6, 6.07) is 12.0. The van der Waals surface area contributed by atoms with E-state index < -0.39 is 0 Å². The number of fused-ring (bicyclic) bond motifs is 3. The number of nitrogen functional groups attached to an aromatic ring is 1. The summed E-state index contributed by atoms with van der Waals surface area (Å²) in [7, 11) is 0. The van der Waals surface area contributed by atoms with Crippen LogP contribution < -0.4 is 11.1 Å². The van der Waals surface area contributed by atoms with E-state index in [1.165, 1.54) is 5.56 Å². The highest BCUT2D eigenvalue weighted by molar-refractivity contribution is 6.35. The normalized spacial score (nSPS) is 25.5. The van der Waals surface area contributed by atoms with Gasteiger partial charge in [0.15, 0.2) is 0 Å². The van der Waals surface area contributed by atoms with Crippen LogP contribution in [0.1, 0.15) is 29.5 Å². The van der Waals surface area contributed by atoms with Crippen LogP contribution in [-0.4, -0.2) is 0 Å². The Morgan fingerprint density at radius 3 is 2.73 bits per heavy atom. The van der Waals surface area contributed by atoms with Crippen molar-refractivity contribution in [3.8, 4) is 0 Å². The van der Waals surface area contributed by atoms with Gasteiger partial charge in [-0.3, -0.25) is 0 Å². The first-order valence-electron chi connectivity index (χ1n) is 7.41. The van der Waals surface area contributed by atoms with E-state index in [-0.39, 0.29) is 6.04 Å². The molecule has 0 aromatic heterocycles. The van der Waals surface area contributed by atoms with E-state index >= 15 is 0 Å². The summed E-state index contributed by atoms with van der Waals surface area (Å²) in [6.45, 7) is 0. The summed E-state index contributed by atoms with van der Waals surface area (Å²) in [5.41, 5.74) is 10.3.